The fourth-order valence-corrected chi connectivity index (χ4v) is 2.44. The molecule has 0 radical (unpaired) electrons. The molecule has 0 spiro atoms. The summed E-state index contributed by atoms with van der Waals surface area (Å²) in [6.45, 7) is 1.62. The van der Waals surface area contributed by atoms with Crippen LogP contribution in [-0.2, 0) is 10.0 Å². The van der Waals surface area contributed by atoms with Gasteiger partial charge in [0.05, 0.1) is 15.5 Å². The molecule has 2 aromatic rings. The number of nitrogen functional groups attached to an aromatic ring is 1. The van der Waals surface area contributed by atoms with Gasteiger partial charge in [0.15, 0.2) is 0 Å². The van der Waals surface area contributed by atoms with Crippen LogP contribution in [0.5, 0.6) is 0 Å². The average molecular weight is 298 g/mol. The van der Waals surface area contributed by atoms with Gasteiger partial charge in [0.1, 0.15) is 5.69 Å². The van der Waals surface area contributed by atoms with Gasteiger partial charge < -0.3 is 10.3 Å². The van der Waals surface area contributed by atoms with E-state index >= 15 is 0 Å². The minimum atomic E-state index is -4.02. The van der Waals surface area contributed by atoms with Gasteiger partial charge in [-0.25, -0.2) is 13.1 Å². The SMILES string of the molecule is Cc1cc(NS(=O)(=O)c2ccc(N)c([N+](=O)[O-])c2)on1. The zero-order valence-corrected chi connectivity index (χ0v) is 11.0. The smallest absolute Gasteiger partial charge is 0.293 e. The molecule has 20 heavy (non-hydrogen) atoms. The monoisotopic (exact) mass is 298 g/mol. The molecule has 2 rings (SSSR count). The summed E-state index contributed by atoms with van der Waals surface area (Å²) in [5, 5.41) is 14.3. The molecular formula is C10H10N4O5S. The third kappa shape index (κ3) is 2.69. The number of anilines is 2. The standard InChI is InChI=1S/C10H10N4O5S/c1-6-4-10(19-12-6)13-20(17,18)7-2-3-8(11)9(5-7)14(15)16/h2-5,13H,11H2,1H3. The number of rotatable bonds is 4. The number of sulfonamides is 1. The molecule has 106 valence electrons. The first-order valence-electron chi connectivity index (χ1n) is 5.29. The van der Waals surface area contributed by atoms with E-state index < -0.39 is 20.6 Å². The summed E-state index contributed by atoms with van der Waals surface area (Å²) in [6.07, 6.45) is 0. The van der Waals surface area contributed by atoms with Crippen LogP contribution >= 0.6 is 0 Å². The maximum absolute atomic E-state index is 12.0. The van der Waals surface area contributed by atoms with Crippen molar-refractivity contribution in [2.75, 3.05) is 10.5 Å². The molecule has 0 saturated carbocycles. The topological polar surface area (TPSA) is 141 Å². The molecular weight excluding hydrogens is 288 g/mol. The van der Waals surface area contributed by atoms with Crippen molar-refractivity contribution in [3.63, 3.8) is 0 Å². The first-order valence-corrected chi connectivity index (χ1v) is 6.78. The van der Waals surface area contributed by atoms with Gasteiger partial charge in [-0.15, -0.1) is 0 Å². The second kappa shape index (κ2) is 4.81. The van der Waals surface area contributed by atoms with Crippen LogP contribution in [0.2, 0.25) is 0 Å². The van der Waals surface area contributed by atoms with Gasteiger partial charge in [0.2, 0.25) is 5.88 Å². The Labute approximate surface area is 113 Å². The molecule has 0 aliphatic heterocycles. The van der Waals surface area contributed by atoms with Gasteiger partial charge in [0, 0.05) is 12.1 Å². The summed E-state index contributed by atoms with van der Waals surface area (Å²) >= 11 is 0. The Balaban J connectivity index is 2.39. The minimum absolute atomic E-state index is 0.0815. The van der Waals surface area contributed by atoms with Gasteiger partial charge in [0.25, 0.3) is 15.7 Å². The Bertz CT molecular complexity index is 768. The maximum Gasteiger partial charge on any atom is 0.293 e. The predicted molar refractivity (Wildman–Crippen MR) is 69.6 cm³/mol. The van der Waals surface area contributed by atoms with E-state index in [0.29, 0.717) is 5.69 Å². The molecule has 0 atom stereocenters. The summed E-state index contributed by atoms with van der Waals surface area (Å²) in [7, 11) is -4.02. The summed E-state index contributed by atoms with van der Waals surface area (Å²) in [4.78, 5) is 9.69. The largest absolute Gasteiger partial charge is 0.393 e. The number of nitrogens with one attached hydrogen (secondary N) is 1. The van der Waals surface area contributed by atoms with E-state index in [1.165, 1.54) is 6.07 Å². The van der Waals surface area contributed by atoms with Crippen LogP contribution in [0.3, 0.4) is 0 Å². The number of nitro benzene ring substituents is 1. The third-order valence-corrected chi connectivity index (χ3v) is 3.72. The lowest BCUT2D eigenvalue weighted by Crippen LogP contribution is -2.13. The van der Waals surface area contributed by atoms with E-state index in [1.807, 2.05) is 0 Å². The van der Waals surface area contributed by atoms with Gasteiger partial charge in [-0.05, 0) is 19.1 Å². The second-order valence-corrected chi connectivity index (χ2v) is 5.60. The molecule has 9 nitrogen and oxygen atoms in total. The number of hydrogen-bond acceptors (Lipinski definition) is 7. The maximum atomic E-state index is 12.0. The zero-order chi connectivity index (χ0) is 14.9. The fourth-order valence-electron chi connectivity index (χ4n) is 1.45. The van der Waals surface area contributed by atoms with Crippen molar-refractivity contribution in [2.24, 2.45) is 0 Å². The van der Waals surface area contributed by atoms with Crippen LogP contribution in [0.4, 0.5) is 17.3 Å². The van der Waals surface area contributed by atoms with E-state index in [1.54, 1.807) is 6.92 Å². The lowest BCUT2D eigenvalue weighted by atomic mass is 10.3. The number of nitrogens with zero attached hydrogens (tertiary/aromatic N) is 2. The Hall–Kier alpha value is -2.62. The molecule has 3 N–H and O–H groups in total. The average Bonchev–Trinajstić information content (AvgIpc) is 2.73. The first kappa shape index (κ1) is 13.8. The molecule has 0 saturated heterocycles. The minimum Gasteiger partial charge on any atom is -0.393 e. The summed E-state index contributed by atoms with van der Waals surface area (Å²) in [5.41, 5.74) is 5.29. The van der Waals surface area contributed by atoms with Crippen LogP contribution in [0.15, 0.2) is 33.7 Å². The van der Waals surface area contributed by atoms with Crippen LogP contribution in [0, 0.1) is 17.0 Å². The van der Waals surface area contributed by atoms with Crippen molar-refractivity contribution in [1.82, 2.24) is 5.16 Å². The Morgan fingerprint density at radius 3 is 2.65 bits per heavy atom. The van der Waals surface area contributed by atoms with Crippen LogP contribution < -0.4 is 10.5 Å². The highest BCUT2D eigenvalue weighted by atomic mass is 32.2. The number of aromatic nitrogens is 1. The van der Waals surface area contributed by atoms with Crippen molar-refractivity contribution < 1.29 is 17.9 Å². The normalized spacial score (nSPS) is 11.2. The van der Waals surface area contributed by atoms with Crippen molar-refractivity contribution in [3.05, 3.63) is 40.1 Å². The number of hydrogen-bond donors (Lipinski definition) is 2. The van der Waals surface area contributed by atoms with Gasteiger partial charge >= 0.3 is 0 Å². The highest BCUT2D eigenvalue weighted by Gasteiger charge is 2.21. The van der Waals surface area contributed by atoms with E-state index in [0.717, 1.165) is 18.2 Å². The van der Waals surface area contributed by atoms with Crippen LogP contribution in [-0.4, -0.2) is 18.5 Å². The number of nitro groups is 1. The predicted octanol–water partition coefficient (Wildman–Crippen LogP) is 1.27. The van der Waals surface area contributed by atoms with Crippen molar-refractivity contribution in [2.45, 2.75) is 11.8 Å². The van der Waals surface area contributed by atoms with Crippen molar-refractivity contribution in [3.8, 4) is 0 Å². The molecule has 1 heterocycles. The summed E-state index contributed by atoms with van der Waals surface area (Å²) < 4.78 is 30.9. The highest BCUT2D eigenvalue weighted by Crippen LogP contribution is 2.26. The molecule has 0 unspecified atom stereocenters. The molecule has 0 fully saturated rings. The molecule has 0 aliphatic carbocycles. The van der Waals surface area contributed by atoms with Crippen molar-refractivity contribution >= 4 is 27.3 Å². The van der Waals surface area contributed by atoms with Crippen LogP contribution in [0.25, 0.3) is 0 Å². The second-order valence-electron chi connectivity index (χ2n) is 3.92. The molecule has 0 bridgehead atoms. The van der Waals surface area contributed by atoms with Gasteiger partial charge in [-0.2, -0.15) is 0 Å². The zero-order valence-electron chi connectivity index (χ0n) is 10.2. The van der Waals surface area contributed by atoms with E-state index in [-0.39, 0.29) is 16.5 Å². The summed E-state index contributed by atoms with van der Waals surface area (Å²) in [6, 6.07) is 4.57. The quantitative estimate of drug-likeness (QED) is 0.491. The molecule has 0 aliphatic rings. The lowest BCUT2D eigenvalue weighted by Gasteiger charge is -2.05. The molecule has 1 aromatic carbocycles. The Morgan fingerprint density at radius 2 is 2.10 bits per heavy atom. The Morgan fingerprint density at radius 1 is 1.40 bits per heavy atom. The first-order chi connectivity index (χ1) is 9.29. The number of benzene rings is 1. The molecule has 10 heteroatoms. The van der Waals surface area contributed by atoms with E-state index in [4.69, 9.17) is 10.3 Å². The Kier molecular flexibility index (Phi) is 3.32. The third-order valence-electron chi connectivity index (χ3n) is 2.37. The van der Waals surface area contributed by atoms with E-state index in [9.17, 15) is 18.5 Å². The number of nitrogens with two attached hydrogens (primary N) is 1. The van der Waals surface area contributed by atoms with Gasteiger partial charge in [-0.1, -0.05) is 5.16 Å². The highest BCUT2D eigenvalue weighted by molar-refractivity contribution is 7.92. The molecule has 1 aromatic heterocycles. The molecule has 0 amide bonds. The number of aryl methyl sites for hydroxylation is 1. The van der Waals surface area contributed by atoms with Crippen molar-refractivity contribution in [1.29, 1.82) is 0 Å². The summed E-state index contributed by atoms with van der Waals surface area (Å²) in [5.74, 6) is -0.0815. The lowest BCUT2D eigenvalue weighted by molar-refractivity contribution is -0.384. The van der Waals surface area contributed by atoms with Gasteiger partial charge in [-0.3, -0.25) is 10.1 Å². The fraction of sp³-hybridized carbons (Fsp3) is 0.100. The van der Waals surface area contributed by atoms with Crippen LogP contribution in [0.1, 0.15) is 5.69 Å². The van der Waals surface area contributed by atoms with E-state index in [2.05, 4.69) is 9.88 Å².